The van der Waals surface area contributed by atoms with E-state index < -0.39 is 6.29 Å². The third-order valence-corrected chi connectivity index (χ3v) is 4.62. The zero-order valence-electron chi connectivity index (χ0n) is 14.9. The van der Waals surface area contributed by atoms with Crippen LogP contribution in [0.4, 0.5) is 0 Å². The Hall–Kier alpha value is -3.15. The monoisotopic (exact) mass is 362 g/mol. The first-order valence-corrected chi connectivity index (χ1v) is 8.47. The maximum Gasteiger partial charge on any atom is 0.182 e. The Bertz CT molecular complexity index is 1140. The van der Waals surface area contributed by atoms with Crippen molar-refractivity contribution in [1.29, 1.82) is 0 Å². The van der Waals surface area contributed by atoms with Gasteiger partial charge in [-0.15, -0.1) is 0 Å². The lowest BCUT2D eigenvalue weighted by Gasteiger charge is -2.19. The summed E-state index contributed by atoms with van der Waals surface area (Å²) in [6.07, 6.45) is -1.07. The Morgan fingerprint density at radius 3 is 2.56 bits per heavy atom. The van der Waals surface area contributed by atoms with Crippen LogP contribution in [0, 0.1) is 0 Å². The average Bonchev–Trinajstić information content (AvgIpc) is 2.70. The van der Waals surface area contributed by atoms with Crippen molar-refractivity contribution in [2.75, 3.05) is 14.2 Å². The van der Waals surface area contributed by atoms with Gasteiger partial charge in [-0.2, -0.15) is 0 Å². The third kappa shape index (κ3) is 2.97. The molecule has 0 bridgehead atoms. The molecule has 1 aliphatic carbocycles. The van der Waals surface area contributed by atoms with Gasteiger partial charge in [0.15, 0.2) is 11.7 Å². The zero-order valence-corrected chi connectivity index (χ0v) is 14.9. The summed E-state index contributed by atoms with van der Waals surface area (Å²) in [5.41, 5.74) is 3.54. The smallest absolute Gasteiger partial charge is 0.182 e. The summed E-state index contributed by atoms with van der Waals surface area (Å²) in [5, 5.41) is 11.2. The van der Waals surface area contributed by atoms with Gasteiger partial charge >= 0.3 is 0 Å². The van der Waals surface area contributed by atoms with Crippen molar-refractivity contribution in [2.45, 2.75) is 6.29 Å². The van der Waals surface area contributed by atoms with Crippen molar-refractivity contribution in [3.63, 3.8) is 0 Å². The van der Waals surface area contributed by atoms with Gasteiger partial charge in [-0.25, -0.2) is 0 Å². The molecule has 1 heterocycles. The number of methoxy groups -OCH3 is 2. The van der Waals surface area contributed by atoms with Crippen LogP contribution < -0.4 is 10.2 Å². The Labute approximate surface area is 155 Å². The molecule has 1 atom stereocenters. The maximum absolute atomic E-state index is 11.9. The minimum Gasteiger partial charge on any atom is -0.497 e. The lowest BCUT2D eigenvalue weighted by atomic mass is 9.90. The molecule has 0 aromatic heterocycles. The topological polar surface area (TPSA) is 68.9 Å². The Morgan fingerprint density at radius 1 is 0.963 bits per heavy atom. The molecular formula is C22H18O5. The molecule has 0 fully saturated rings. The van der Waals surface area contributed by atoms with E-state index in [0.29, 0.717) is 22.7 Å². The quantitative estimate of drug-likeness (QED) is 0.435. The van der Waals surface area contributed by atoms with E-state index in [1.807, 2.05) is 36.4 Å². The first kappa shape index (κ1) is 17.3. The fourth-order valence-electron chi connectivity index (χ4n) is 3.33. The van der Waals surface area contributed by atoms with E-state index in [1.54, 1.807) is 19.2 Å². The molecule has 2 aliphatic rings. The third-order valence-electron chi connectivity index (χ3n) is 4.62. The predicted octanol–water partition coefficient (Wildman–Crippen LogP) is 4.21. The highest BCUT2D eigenvalue weighted by Crippen LogP contribution is 2.42. The van der Waals surface area contributed by atoms with Gasteiger partial charge < -0.3 is 19.0 Å². The molecule has 2 aromatic rings. The zero-order chi connectivity index (χ0) is 19.0. The van der Waals surface area contributed by atoms with Gasteiger partial charge in [0.25, 0.3) is 0 Å². The van der Waals surface area contributed by atoms with Crippen LogP contribution in [0.5, 0.6) is 5.75 Å². The van der Waals surface area contributed by atoms with Crippen molar-refractivity contribution in [3.8, 4) is 28.2 Å². The van der Waals surface area contributed by atoms with Crippen LogP contribution >= 0.6 is 0 Å². The van der Waals surface area contributed by atoms with E-state index in [4.69, 9.17) is 13.9 Å². The van der Waals surface area contributed by atoms with Crippen LogP contribution in [-0.4, -0.2) is 19.3 Å². The van der Waals surface area contributed by atoms with Crippen molar-refractivity contribution in [2.24, 2.45) is 0 Å². The molecule has 136 valence electrons. The summed E-state index contributed by atoms with van der Waals surface area (Å²) in [4.78, 5) is 11.9. The van der Waals surface area contributed by atoms with E-state index in [1.165, 1.54) is 19.2 Å². The largest absolute Gasteiger partial charge is 0.497 e. The van der Waals surface area contributed by atoms with E-state index in [-0.39, 0.29) is 5.43 Å². The van der Waals surface area contributed by atoms with Gasteiger partial charge in [-0.05, 0) is 29.8 Å². The lowest BCUT2D eigenvalue weighted by molar-refractivity contribution is -0.0765. The van der Waals surface area contributed by atoms with Crippen molar-refractivity contribution in [3.05, 3.63) is 76.5 Å². The molecule has 2 aromatic carbocycles. The molecular weight excluding hydrogens is 344 g/mol. The Kier molecular flexibility index (Phi) is 4.39. The normalized spacial score (nSPS) is 12.4. The van der Waals surface area contributed by atoms with Crippen LogP contribution in [0.15, 0.2) is 69.9 Å². The molecule has 0 saturated carbocycles. The van der Waals surface area contributed by atoms with Gasteiger partial charge in [-0.3, -0.25) is 4.79 Å². The SMILES string of the molecule is COc1ccc2c(-c3ccccc3C(O)OC)c3ccc(=O)cc-3oc2c1. The second kappa shape index (κ2) is 6.87. The van der Waals surface area contributed by atoms with Gasteiger partial charge in [-0.1, -0.05) is 24.3 Å². The number of hydrogen-bond donors (Lipinski definition) is 1. The van der Waals surface area contributed by atoms with E-state index in [0.717, 1.165) is 22.1 Å². The van der Waals surface area contributed by atoms with E-state index >= 15 is 0 Å². The van der Waals surface area contributed by atoms with E-state index in [9.17, 15) is 9.90 Å². The Balaban J connectivity index is 2.14. The molecule has 5 nitrogen and oxygen atoms in total. The number of aliphatic hydroxyl groups excluding tert-OH is 1. The van der Waals surface area contributed by atoms with Crippen molar-refractivity contribution < 1.29 is 19.0 Å². The van der Waals surface area contributed by atoms with Crippen LogP contribution in [0.1, 0.15) is 11.9 Å². The molecule has 1 N–H and O–H groups in total. The molecule has 4 rings (SSSR count). The van der Waals surface area contributed by atoms with Gasteiger partial charge in [0.1, 0.15) is 17.1 Å². The molecule has 1 aliphatic heterocycles. The number of aliphatic hydroxyl groups is 1. The molecule has 0 amide bonds. The second-order valence-corrected chi connectivity index (χ2v) is 6.17. The lowest BCUT2D eigenvalue weighted by Crippen LogP contribution is -2.04. The highest BCUT2D eigenvalue weighted by Gasteiger charge is 2.21. The summed E-state index contributed by atoms with van der Waals surface area (Å²) in [7, 11) is 3.04. The number of hydrogen-bond acceptors (Lipinski definition) is 5. The maximum atomic E-state index is 11.9. The van der Waals surface area contributed by atoms with Gasteiger partial charge in [0, 0.05) is 41.3 Å². The standard InChI is InChI=1S/C22H18O5/c1-25-14-8-10-18-20(12-14)27-19-11-13(23)7-9-17(19)21(18)15-5-3-4-6-16(15)22(24)26-2/h3-12,22,24H,1-2H3. The molecule has 1 unspecified atom stereocenters. The van der Waals surface area contributed by atoms with Crippen LogP contribution in [0.2, 0.25) is 0 Å². The Morgan fingerprint density at radius 2 is 1.78 bits per heavy atom. The van der Waals surface area contributed by atoms with Crippen LogP contribution in [0.25, 0.3) is 33.4 Å². The molecule has 27 heavy (non-hydrogen) atoms. The summed E-state index contributed by atoms with van der Waals surface area (Å²) in [6.45, 7) is 0. The predicted molar refractivity (Wildman–Crippen MR) is 103 cm³/mol. The second-order valence-electron chi connectivity index (χ2n) is 6.17. The highest BCUT2D eigenvalue weighted by molar-refractivity contribution is 6.02. The fourth-order valence-corrected chi connectivity index (χ4v) is 3.33. The van der Waals surface area contributed by atoms with Crippen LogP contribution in [0.3, 0.4) is 0 Å². The summed E-state index contributed by atoms with van der Waals surface area (Å²) in [6, 6.07) is 17.7. The fraction of sp³-hybridized carbons (Fsp3) is 0.136. The molecule has 0 radical (unpaired) electrons. The first-order chi connectivity index (χ1) is 13.1. The van der Waals surface area contributed by atoms with Crippen LogP contribution in [-0.2, 0) is 4.74 Å². The number of rotatable bonds is 4. The molecule has 0 spiro atoms. The average molecular weight is 362 g/mol. The van der Waals surface area contributed by atoms with E-state index in [2.05, 4.69) is 0 Å². The minimum atomic E-state index is -1.07. The minimum absolute atomic E-state index is 0.135. The molecule has 0 saturated heterocycles. The number of benzene rings is 3. The summed E-state index contributed by atoms with van der Waals surface area (Å²) < 4.78 is 16.4. The number of fused-ring (bicyclic) bond motifs is 2. The summed E-state index contributed by atoms with van der Waals surface area (Å²) in [5.74, 6) is 1.13. The number of ether oxygens (including phenoxy) is 2. The highest BCUT2D eigenvalue weighted by atomic mass is 16.6. The van der Waals surface area contributed by atoms with Crippen molar-refractivity contribution >= 4 is 11.0 Å². The van der Waals surface area contributed by atoms with Gasteiger partial charge in [0.2, 0.25) is 0 Å². The van der Waals surface area contributed by atoms with Crippen molar-refractivity contribution in [1.82, 2.24) is 0 Å². The first-order valence-electron chi connectivity index (χ1n) is 8.47. The summed E-state index contributed by atoms with van der Waals surface area (Å²) >= 11 is 0. The molecule has 5 heteroatoms. The van der Waals surface area contributed by atoms with Gasteiger partial charge in [0.05, 0.1) is 7.11 Å².